The molecule has 13 heavy (non-hydrogen) atoms. The van der Waals surface area contributed by atoms with Crippen LogP contribution in [-0.4, -0.2) is 23.1 Å². The number of hydrogen-bond acceptors (Lipinski definition) is 4. The first-order valence-electron chi connectivity index (χ1n) is 4.78. The van der Waals surface area contributed by atoms with E-state index < -0.39 is 0 Å². The summed E-state index contributed by atoms with van der Waals surface area (Å²) in [6.07, 6.45) is 3.96. The molecule has 0 aromatic carbocycles. The summed E-state index contributed by atoms with van der Waals surface area (Å²) in [5.74, 6) is 0.409. The van der Waals surface area contributed by atoms with Gasteiger partial charge in [-0.2, -0.15) is 0 Å². The number of hydrogen-bond donors (Lipinski definition) is 1. The number of piperidine rings is 1. The molecule has 0 bridgehead atoms. The maximum absolute atomic E-state index is 5.44. The second-order valence-electron chi connectivity index (χ2n) is 3.56. The molecular formula is C9H15N3O. The maximum Gasteiger partial charge on any atom is 0.222 e. The van der Waals surface area contributed by atoms with Crippen molar-refractivity contribution in [1.82, 2.24) is 10.1 Å². The molecule has 1 fully saturated rings. The quantitative estimate of drug-likeness (QED) is 0.745. The molecule has 0 amide bonds. The molecule has 1 aromatic rings. The topological polar surface area (TPSA) is 55.3 Å². The Morgan fingerprint density at radius 3 is 2.77 bits per heavy atom. The fourth-order valence-corrected chi connectivity index (χ4v) is 1.75. The van der Waals surface area contributed by atoms with Gasteiger partial charge in [-0.25, -0.2) is 0 Å². The van der Waals surface area contributed by atoms with Gasteiger partial charge in [-0.3, -0.25) is 4.90 Å². The van der Waals surface area contributed by atoms with Gasteiger partial charge in [-0.1, -0.05) is 11.6 Å². The van der Waals surface area contributed by atoms with Gasteiger partial charge in [0.2, 0.25) is 5.88 Å². The molecule has 2 rings (SSSR count). The van der Waals surface area contributed by atoms with Crippen LogP contribution in [0.4, 0.5) is 5.88 Å². The summed E-state index contributed by atoms with van der Waals surface area (Å²) >= 11 is 0. The van der Waals surface area contributed by atoms with Crippen LogP contribution in [0.3, 0.4) is 0 Å². The number of nitrogens with zero attached hydrogens (tertiary/aromatic N) is 2. The van der Waals surface area contributed by atoms with Gasteiger partial charge in [-0.05, 0) is 25.9 Å². The molecule has 0 aliphatic carbocycles. The minimum atomic E-state index is 0.409. The summed E-state index contributed by atoms with van der Waals surface area (Å²) in [6, 6.07) is 1.80. The average molecular weight is 181 g/mol. The molecule has 0 unspecified atom stereocenters. The molecule has 0 radical (unpaired) electrons. The number of likely N-dealkylation sites (tertiary alicyclic amines) is 1. The molecule has 1 saturated heterocycles. The van der Waals surface area contributed by atoms with Crippen LogP contribution in [0.15, 0.2) is 10.6 Å². The van der Waals surface area contributed by atoms with E-state index in [9.17, 15) is 0 Å². The van der Waals surface area contributed by atoms with E-state index in [0.717, 1.165) is 12.2 Å². The van der Waals surface area contributed by atoms with Crippen LogP contribution in [0.2, 0.25) is 0 Å². The first kappa shape index (κ1) is 8.56. The smallest absolute Gasteiger partial charge is 0.222 e. The molecule has 1 aliphatic rings. The van der Waals surface area contributed by atoms with E-state index in [-0.39, 0.29) is 0 Å². The third-order valence-corrected chi connectivity index (χ3v) is 2.41. The van der Waals surface area contributed by atoms with Crippen molar-refractivity contribution in [2.75, 3.05) is 18.8 Å². The van der Waals surface area contributed by atoms with Gasteiger partial charge in [-0.15, -0.1) is 0 Å². The lowest BCUT2D eigenvalue weighted by Crippen LogP contribution is -2.29. The van der Waals surface area contributed by atoms with Gasteiger partial charge >= 0.3 is 0 Å². The number of anilines is 1. The highest BCUT2D eigenvalue weighted by Crippen LogP contribution is 2.13. The largest absolute Gasteiger partial charge is 0.368 e. The van der Waals surface area contributed by atoms with Crippen LogP contribution in [0.5, 0.6) is 0 Å². The molecule has 2 N–H and O–H groups in total. The Labute approximate surface area is 77.7 Å². The first-order chi connectivity index (χ1) is 6.34. The van der Waals surface area contributed by atoms with Crippen molar-refractivity contribution < 1.29 is 4.52 Å². The minimum absolute atomic E-state index is 0.409. The summed E-state index contributed by atoms with van der Waals surface area (Å²) in [4.78, 5) is 2.39. The molecule has 0 saturated carbocycles. The highest BCUT2D eigenvalue weighted by atomic mass is 16.5. The van der Waals surface area contributed by atoms with Gasteiger partial charge < -0.3 is 10.3 Å². The van der Waals surface area contributed by atoms with Crippen molar-refractivity contribution in [3.63, 3.8) is 0 Å². The number of rotatable bonds is 2. The van der Waals surface area contributed by atoms with E-state index in [4.69, 9.17) is 10.3 Å². The van der Waals surface area contributed by atoms with Crippen molar-refractivity contribution in [2.45, 2.75) is 25.8 Å². The van der Waals surface area contributed by atoms with Gasteiger partial charge in [0, 0.05) is 12.6 Å². The zero-order chi connectivity index (χ0) is 9.10. The monoisotopic (exact) mass is 181 g/mol. The lowest BCUT2D eigenvalue weighted by molar-refractivity contribution is 0.215. The zero-order valence-electron chi connectivity index (χ0n) is 7.70. The zero-order valence-corrected chi connectivity index (χ0v) is 7.70. The highest BCUT2D eigenvalue weighted by Gasteiger charge is 2.12. The standard InChI is InChI=1S/C9H15N3O/c10-9-6-8(11-13-9)7-12-4-2-1-3-5-12/h6H,1-5,7,10H2. The average Bonchev–Trinajstić information content (AvgIpc) is 2.53. The Morgan fingerprint density at radius 1 is 1.38 bits per heavy atom. The van der Waals surface area contributed by atoms with Crippen LogP contribution in [0.25, 0.3) is 0 Å². The van der Waals surface area contributed by atoms with Crippen molar-refractivity contribution >= 4 is 5.88 Å². The van der Waals surface area contributed by atoms with Crippen molar-refractivity contribution in [1.29, 1.82) is 0 Å². The summed E-state index contributed by atoms with van der Waals surface area (Å²) in [7, 11) is 0. The SMILES string of the molecule is Nc1cc(CN2CCCCC2)no1. The molecule has 0 atom stereocenters. The van der Waals surface area contributed by atoms with Crippen LogP contribution >= 0.6 is 0 Å². The maximum atomic E-state index is 5.44. The summed E-state index contributed by atoms with van der Waals surface area (Å²) < 4.78 is 4.81. The molecule has 1 aliphatic heterocycles. The Morgan fingerprint density at radius 2 is 2.15 bits per heavy atom. The molecule has 4 heteroatoms. The molecule has 1 aromatic heterocycles. The number of nitrogen functional groups attached to an aromatic ring is 1. The second kappa shape index (κ2) is 3.79. The third kappa shape index (κ3) is 2.21. The minimum Gasteiger partial charge on any atom is -0.368 e. The summed E-state index contributed by atoms with van der Waals surface area (Å²) in [5, 5.41) is 3.87. The Bertz CT molecular complexity index is 266. The van der Waals surface area contributed by atoms with E-state index in [0.29, 0.717) is 5.88 Å². The normalized spacial score (nSPS) is 19.1. The van der Waals surface area contributed by atoms with Crippen LogP contribution in [0.1, 0.15) is 25.0 Å². The van der Waals surface area contributed by atoms with E-state index in [2.05, 4.69) is 10.1 Å². The lowest BCUT2D eigenvalue weighted by atomic mass is 10.1. The third-order valence-electron chi connectivity index (χ3n) is 2.41. The van der Waals surface area contributed by atoms with E-state index in [1.165, 1.54) is 32.4 Å². The first-order valence-corrected chi connectivity index (χ1v) is 4.78. The van der Waals surface area contributed by atoms with Crippen molar-refractivity contribution in [2.24, 2.45) is 0 Å². The van der Waals surface area contributed by atoms with Gasteiger partial charge in [0.1, 0.15) is 0 Å². The predicted molar refractivity (Wildman–Crippen MR) is 50.0 cm³/mol. The number of nitrogens with two attached hydrogens (primary N) is 1. The fourth-order valence-electron chi connectivity index (χ4n) is 1.75. The highest BCUT2D eigenvalue weighted by molar-refractivity contribution is 5.24. The van der Waals surface area contributed by atoms with Gasteiger partial charge in [0.15, 0.2) is 0 Å². The molecular weight excluding hydrogens is 166 g/mol. The van der Waals surface area contributed by atoms with Gasteiger partial charge in [0.05, 0.1) is 5.69 Å². The Hall–Kier alpha value is -1.03. The number of aromatic nitrogens is 1. The van der Waals surface area contributed by atoms with Crippen LogP contribution in [0, 0.1) is 0 Å². The molecule has 72 valence electrons. The fraction of sp³-hybridized carbons (Fsp3) is 0.667. The lowest BCUT2D eigenvalue weighted by Gasteiger charge is -2.25. The van der Waals surface area contributed by atoms with Crippen LogP contribution in [-0.2, 0) is 6.54 Å². The van der Waals surface area contributed by atoms with Crippen molar-refractivity contribution in [3.05, 3.63) is 11.8 Å². The molecule has 4 nitrogen and oxygen atoms in total. The summed E-state index contributed by atoms with van der Waals surface area (Å²) in [6.45, 7) is 3.22. The second-order valence-corrected chi connectivity index (χ2v) is 3.56. The van der Waals surface area contributed by atoms with E-state index in [1.54, 1.807) is 6.07 Å². The van der Waals surface area contributed by atoms with Crippen molar-refractivity contribution in [3.8, 4) is 0 Å². The summed E-state index contributed by atoms with van der Waals surface area (Å²) in [5.41, 5.74) is 6.38. The molecule has 2 heterocycles. The van der Waals surface area contributed by atoms with Gasteiger partial charge in [0.25, 0.3) is 0 Å². The predicted octanol–water partition coefficient (Wildman–Crippen LogP) is 1.24. The Balaban J connectivity index is 1.89. The van der Waals surface area contributed by atoms with E-state index in [1.807, 2.05) is 0 Å². The Kier molecular flexibility index (Phi) is 2.49. The van der Waals surface area contributed by atoms with Crippen LogP contribution < -0.4 is 5.73 Å². The molecule has 0 spiro atoms. The van der Waals surface area contributed by atoms with E-state index >= 15 is 0 Å².